The van der Waals surface area contributed by atoms with Crippen LogP contribution in [0.25, 0.3) is 0 Å². The summed E-state index contributed by atoms with van der Waals surface area (Å²) in [6, 6.07) is 0. The molecule has 0 unspecified atom stereocenters. The molecule has 0 atom stereocenters. The fourth-order valence-corrected chi connectivity index (χ4v) is 1.16. The molecule has 1 aromatic rings. The number of carbonyl (C=O) groups excluding carboxylic acids is 1. The minimum atomic E-state index is -2.31. The summed E-state index contributed by atoms with van der Waals surface area (Å²) in [6.07, 6.45) is 0. The van der Waals surface area contributed by atoms with Crippen LogP contribution in [0.4, 0.5) is 22.0 Å². The van der Waals surface area contributed by atoms with Crippen LogP contribution < -0.4 is 0 Å². The number of carbonyl (C=O) groups is 1. The van der Waals surface area contributed by atoms with Gasteiger partial charge in [0.05, 0.1) is 0 Å². The van der Waals surface area contributed by atoms with Crippen LogP contribution in [0.15, 0.2) is 0 Å². The predicted molar refractivity (Wildman–Crippen MR) is 38.8 cm³/mol. The van der Waals surface area contributed by atoms with E-state index < -0.39 is 40.6 Å². The fraction of sp³-hybridized carbons (Fsp3) is 0. The van der Waals surface area contributed by atoms with E-state index in [9.17, 15) is 26.7 Å². The van der Waals surface area contributed by atoms with Crippen LogP contribution in [-0.2, 0) is 3.53 Å². The van der Waals surface area contributed by atoms with Gasteiger partial charge >= 0.3 is 89.9 Å². The van der Waals surface area contributed by atoms with Crippen molar-refractivity contribution in [3.05, 3.63) is 34.6 Å². The van der Waals surface area contributed by atoms with Gasteiger partial charge < -0.3 is 0 Å². The van der Waals surface area contributed by atoms with Crippen molar-refractivity contribution in [2.45, 2.75) is 0 Å². The van der Waals surface area contributed by atoms with Gasteiger partial charge in [-0.25, -0.2) is 0 Å². The number of hydrogen-bond donors (Lipinski definition) is 0. The van der Waals surface area contributed by atoms with E-state index in [0.717, 1.165) is 0 Å². The first-order chi connectivity index (χ1) is 6.91. The molecule has 1 aromatic carbocycles. The second-order valence-electron chi connectivity index (χ2n) is 2.38. The standard InChI is InChI=1S/C7HF5O2.Ga.H/c8-2-1(7(13)14)3(9)5(11)6(12)4(2)10;;/h(H,13,14);;/q;+1;/p-1. The molecule has 1 rings (SSSR count). The molecule has 2 nitrogen and oxygen atoms in total. The molecular weight excluding hydrogens is 281 g/mol. The number of hydrogen-bond acceptors (Lipinski definition) is 2. The fourth-order valence-electron chi connectivity index (χ4n) is 0.856. The van der Waals surface area contributed by atoms with Crippen molar-refractivity contribution >= 4 is 24.9 Å². The second kappa shape index (κ2) is 4.23. The first kappa shape index (κ1) is 12.0. The Bertz CT molecular complexity index is 405. The van der Waals surface area contributed by atoms with Gasteiger partial charge in [0.25, 0.3) is 0 Å². The van der Waals surface area contributed by atoms with Crippen molar-refractivity contribution in [3.63, 3.8) is 0 Å². The summed E-state index contributed by atoms with van der Waals surface area (Å²) in [5.41, 5.74) is -1.57. The van der Waals surface area contributed by atoms with Gasteiger partial charge in [0.2, 0.25) is 0 Å². The second-order valence-corrected chi connectivity index (χ2v) is 2.98. The van der Waals surface area contributed by atoms with E-state index >= 15 is 0 Å². The summed E-state index contributed by atoms with van der Waals surface area (Å²) < 4.78 is 67.2. The molecule has 0 saturated carbocycles. The van der Waals surface area contributed by atoms with Gasteiger partial charge in [-0.2, -0.15) is 0 Å². The molecule has 0 aromatic heterocycles. The van der Waals surface area contributed by atoms with Gasteiger partial charge in [-0.15, -0.1) is 0 Å². The minimum absolute atomic E-state index is 0.127. The number of benzene rings is 1. The predicted octanol–water partition coefficient (Wildman–Crippen LogP) is 1.35. The van der Waals surface area contributed by atoms with E-state index in [-0.39, 0.29) is 19.0 Å². The molecule has 0 N–H and O–H groups in total. The first-order valence-electron chi connectivity index (χ1n) is 3.39. The van der Waals surface area contributed by atoms with Crippen LogP contribution in [0.1, 0.15) is 10.4 Å². The van der Waals surface area contributed by atoms with Crippen LogP contribution in [0.5, 0.6) is 0 Å². The number of halogens is 5. The van der Waals surface area contributed by atoms with Crippen LogP contribution in [0.3, 0.4) is 0 Å². The Morgan fingerprint density at radius 1 is 0.867 bits per heavy atom. The van der Waals surface area contributed by atoms with Crippen molar-refractivity contribution in [2.24, 2.45) is 0 Å². The van der Waals surface area contributed by atoms with Crippen molar-refractivity contribution < 1.29 is 30.3 Å². The molecule has 0 spiro atoms. The van der Waals surface area contributed by atoms with E-state index in [0.29, 0.717) is 0 Å². The summed E-state index contributed by atoms with van der Waals surface area (Å²) in [4.78, 5) is 10.7. The van der Waals surface area contributed by atoms with Gasteiger partial charge in [-0.3, -0.25) is 0 Å². The quantitative estimate of drug-likeness (QED) is 0.336. The third-order valence-electron chi connectivity index (χ3n) is 1.55. The molecule has 0 saturated heterocycles. The normalized spacial score (nSPS) is 10.2. The van der Waals surface area contributed by atoms with Gasteiger partial charge in [0, 0.05) is 0 Å². The Balaban J connectivity index is 3.60. The van der Waals surface area contributed by atoms with Crippen molar-refractivity contribution in [1.29, 1.82) is 0 Å². The first-order valence-corrected chi connectivity index (χ1v) is 4.60. The van der Waals surface area contributed by atoms with E-state index in [1.54, 1.807) is 0 Å². The zero-order valence-electron chi connectivity index (χ0n) is 6.91. The molecule has 0 aliphatic carbocycles. The molecule has 79 valence electrons. The zero-order valence-corrected chi connectivity index (χ0v) is 9.88. The molecular formula is C7HF5GaO2. The molecule has 0 fully saturated rings. The maximum atomic E-state index is 12.8. The van der Waals surface area contributed by atoms with Gasteiger partial charge in [0.15, 0.2) is 0 Å². The molecule has 8 heteroatoms. The molecule has 0 heterocycles. The zero-order chi connectivity index (χ0) is 11.7. The Morgan fingerprint density at radius 2 is 1.20 bits per heavy atom. The SMILES string of the molecule is O=C([O][GaH])c1c(F)c(F)c(F)c(F)c1F. The Morgan fingerprint density at radius 3 is 1.53 bits per heavy atom. The van der Waals surface area contributed by atoms with E-state index in [1.807, 2.05) is 0 Å². The third-order valence-corrected chi connectivity index (χ3v) is 2.10. The van der Waals surface area contributed by atoms with Crippen molar-refractivity contribution in [3.8, 4) is 0 Å². The Kier molecular flexibility index (Phi) is 3.40. The summed E-state index contributed by atoms with van der Waals surface area (Å²) >= 11 is -0.127. The Hall–Kier alpha value is -1.02. The molecule has 1 radical (unpaired) electrons. The van der Waals surface area contributed by atoms with Crippen LogP contribution >= 0.6 is 0 Å². The van der Waals surface area contributed by atoms with E-state index in [1.165, 1.54) is 0 Å². The van der Waals surface area contributed by atoms with Crippen molar-refractivity contribution in [2.75, 3.05) is 0 Å². The molecule has 0 aliphatic rings. The molecule has 0 bridgehead atoms. The molecule has 15 heavy (non-hydrogen) atoms. The molecule has 0 aliphatic heterocycles. The van der Waals surface area contributed by atoms with Gasteiger partial charge in [0.1, 0.15) is 0 Å². The monoisotopic (exact) mass is 281 g/mol. The summed E-state index contributed by atoms with van der Waals surface area (Å²) in [7, 11) is 0. The topological polar surface area (TPSA) is 26.3 Å². The average Bonchev–Trinajstić information content (AvgIpc) is 2.23. The van der Waals surface area contributed by atoms with E-state index in [4.69, 9.17) is 0 Å². The van der Waals surface area contributed by atoms with Crippen LogP contribution in [-0.4, -0.2) is 24.9 Å². The average molecular weight is 282 g/mol. The summed E-state index contributed by atoms with van der Waals surface area (Å²) in [6.45, 7) is 0. The summed E-state index contributed by atoms with van der Waals surface area (Å²) in [5, 5.41) is 0. The maximum absolute atomic E-state index is 12.8. The summed E-state index contributed by atoms with van der Waals surface area (Å²) in [5.74, 6) is -12.6. The third kappa shape index (κ3) is 1.86. The Labute approximate surface area is 90.4 Å². The van der Waals surface area contributed by atoms with E-state index in [2.05, 4.69) is 3.53 Å². The van der Waals surface area contributed by atoms with Crippen LogP contribution in [0.2, 0.25) is 0 Å². The van der Waals surface area contributed by atoms with Gasteiger partial charge in [-0.1, -0.05) is 0 Å². The molecule has 0 amide bonds. The van der Waals surface area contributed by atoms with Crippen LogP contribution in [0, 0.1) is 29.1 Å². The van der Waals surface area contributed by atoms with Crippen molar-refractivity contribution in [1.82, 2.24) is 0 Å². The van der Waals surface area contributed by atoms with Gasteiger partial charge in [-0.05, 0) is 0 Å². The number of rotatable bonds is 1.